The SMILES string of the molecule is COc1ccc(CN2C(=O)C(O)=C(C(=O)c3cc4cc(Cl)cc(OC)c4o3)C2c2ccco2)cc1. The fourth-order valence-electron chi connectivity index (χ4n) is 4.20. The molecule has 4 aromatic rings. The van der Waals surface area contributed by atoms with E-state index in [1.54, 1.807) is 55.6 Å². The molecule has 1 aliphatic heterocycles. The Morgan fingerprint density at radius 2 is 1.89 bits per heavy atom. The summed E-state index contributed by atoms with van der Waals surface area (Å²) < 4.78 is 21.9. The van der Waals surface area contributed by atoms with E-state index in [-0.39, 0.29) is 17.9 Å². The molecule has 0 spiro atoms. The number of fused-ring (bicyclic) bond motifs is 1. The summed E-state index contributed by atoms with van der Waals surface area (Å²) in [7, 11) is 3.02. The summed E-state index contributed by atoms with van der Waals surface area (Å²) in [6.45, 7) is 0.124. The van der Waals surface area contributed by atoms with E-state index in [9.17, 15) is 14.7 Å². The van der Waals surface area contributed by atoms with E-state index in [0.717, 1.165) is 5.56 Å². The van der Waals surface area contributed by atoms with E-state index in [2.05, 4.69) is 0 Å². The van der Waals surface area contributed by atoms with Crippen molar-refractivity contribution in [3.63, 3.8) is 0 Å². The van der Waals surface area contributed by atoms with Gasteiger partial charge in [0.25, 0.3) is 5.91 Å². The lowest BCUT2D eigenvalue weighted by Crippen LogP contribution is -2.30. The number of hydrogen-bond acceptors (Lipinski definition) is 7. The topological polar surface area (TPSA) is 102 Å². The number of ether oxygens (including phenoxy) is 2. The van der Waals surface area contributed by atoms with E-state index < -0.39 is 23.5 Å². The van der Waals surface area contributed by atoms with Gasteiger partial charge in [0, 0.05) is 23.0 Å². The Hall–Kier alpha value is -4.17. The van der Waals surface area contributed by atoms with Crippen LogP contribution in [0, 0.1) is 0 Å². The number of aliphatic hydroxyl groups excluding tert-OH is 1. The van der Waals surface area contributed by atoms with Gasteiger partial charge in [-0.3, -0.25) is 9.59 Å². The predicted molar refractivity (Wildman–Crippen MR) is 127 cm³/mol. The van der Waals surface area contributed by atoms with E-state index >= 15 is 0 Å². The molecule has 9 heteroatoms. The van der Waals surface area contributed by atoms with Crippen LogP contribution < -0.4 is 9.47 Å². The molecule has 0 saturated heterocycles. The van der Waals surface area contributed by atoms with E-state index in [0.29, 0.717) is 33.3 Å². The molecule has 0 saturated carbocycles. The highest BCUT2D eigenvalue weighted by Gasteiger charge is 2.46. The van der Waals surface area contributed by atoms with Gasteiger partial charge in [0.2, 0.25) is 5.78 Å². The Morgan fingerprint density at radius 3 is 2.54 bits per heavy atom. The summed E-state index contributed by atoms with van der Waals surface area (Å²) >= 11 is 6.14. The summed E-state index contributed by atoms with van der Waals surface area (Å²) in [5.74, 6) is -0.715. The van der Waals surface area contributed by atoms with Crippen LogP contribution in [0.25, 0.3) is 11.0 Å². The monoisotopic (exact) mass is 493 g/mol. The highest BCUT2D eigenvalue weighted by molar-refractivity contribution is 6.31. The van der Waals surface area contributed by atoms with Crippen molar-refractivity contribution < 1.29 is 33.0 Å². The molecule has 0 radical (unpaired) electrons. The lowest BCUT2D eigenvalue weighted by Gasteiger charge is -2.24. The molecule has 0 aliphatic carbocycles. The van der Waals surface area contributed by atoms with E-state index in [1.807, 2.05) is 0 Å². The first-order valence-electron chi connectivity index (χ1n) is 10.6. The van der Waals surface area contributed by atoms with Gasteiger partial charge in [0.1, 0.15) is 17.6 Å². The molecule has 3 heterocycles. The van der Waals surface area contributed by atoms with Crippen LogP contribution in [0.2, 0.25) is 5.02 Å². The minimum absolute atomic E-state index is 0.0715. The van der Waals surface area contributed by atoms with Gasteiger partial charge < -0.3 is 28.3 Å². The Kier molecular flexibility index (Phi) is 5.74. The largest absolute Gasteiger partial charge is 0.503 e. The van der Waals surface area contributed by atoms with Gasteiger partial charge >= 0.3 is 0 Å². The molecule has 178 valence electrons. The first kappa shape index (κ1) is 22.6. The third-order valence-corrected chi connectivity index (χ3v) is 6.08. The molecule has 0 bridgehead atoms. The molecule has 1 amide bonds. The maximum absolute atomic E-state index is 13.6. The van der Waals surface area contributed by atoms with Crippen LogP contribution in [0.3, 0.4) is 0 Å². The summed E-state index contributed by atoms with van der Waals surface area (Å²) in [5, 5.41) is 11.8. The van der Waals surface area contributed by atoms with Crippen LogP contribution in [0.1, 0.15) is 27.9 Å². The minimum Gasteiger partial charge on any atom is -0.503 e. The second-order valence-corrected chi connectivity index (χ2v) is 8.36. The highest BCUT2D eigenvalue weighted by Crippen LogP contribution is 2.41. The zero-order valence-electron chi connectivity index (χ0n) is 18.8. The minimum atomic E-state index is -0.953. The number of amides is 1. The van der Waals surface area contributed by atoms with Crippen LogP contribution in [0.15, 0.2) is 81.0 Å². The summed E-state index contributed by atoms with van der Waals surface area (Å²) in [5.41, 5.74) is 0.970. The van der Waals surface area contributed by atoms with Crippen LogP contribution in [0.5, 0.6) is 11.5 Å². The number of methoxy groups -OCH3 is 2. The number of benzene rings is 2. The zero-order chi connectivity index (χ0) is 24.7. The van der Waals surface area contributed by atoms with Crippen molar-refractivity contribution in [2.45, 2.75) is 12.6 Å². The molecule has 5 rings (SSSR count). The number of hydrogen-bond donors (Lipinski definition) is 1. The molecule has 2 aromatic carbocycles. The standard InChI is InChI=1S/C26H20ClNO7/c1-32-17-7-5-14(6-8-17)13-28-22(18-4-3-9-34-18)21(24(30)26(28)31)23(29)19-11-15-10-16(27)12-20(33-2)25(15)35-19/h3-12,22,30H,13H2,1-2H3. The number of furan rings is 2. The number of halogens is 1. The molecule has 8 nitrogen and oxygen atoms in total. The number of Topliss-reactive ketones (excluding diaryl/α,β-unsaturated/α-hetero) is 1. The second kappa shape index (κ2) is 8.88. The van der Waals surface area contributed by atoms with Crippen LogP contribution in [0.4, 0.5) is 0 Å². The number of rotatable bonds is 7. The summed E-state index contributed by atoms with van der Waals surface area (Å²) in [6.07, 6.45) is 1.44. The lowest BCUT2D eigenvalue weighted by atomic mass is 9.99. The van der Waals surface area contributed by atoms with E-state index in [1.165, 1.54) is 24.3 Å². The Morgan fingerprint density at radius 1 is 1.11 bits per heavy atom. The van der Waals surface area contributed by atoms with Gasteiger partial charge in [-0.1, -0.05) is 23.7 Å². The highest BCUT2D eigenvalue weighted by atomic mass is 35.5. The molecule has 1 atom stereocenters. The average Bonchev–Trinajstić information content (AvgIpc) is 3.59. The van der Waals surface area contributed by atoms with Gasteiger partial charge in [-0.25, -0.2) is 0 Å². The van der Waals surface area contributed by atoms with Gasteiger partial charge in [0.15, 0.2) is 22.9 Å². The number of aliphatic hydroxyl groups is 1. The van der Waals surface area contributed by atoms with Gasteiger partial charge in [-0.15, -0.1) is 0 Å². The van der Waals surface area contributed by atoms with Crippen molar-refractivity contribution in [3.05, 3.63) is 94.3 Å². The van der Waals surface area contributed by atoms with Crippen LogP contribution in [-0.2, 0) is 11.3 Å². The molecule has 35 heavy (non-hydrogen) atoms. The molecule has 1 N–H and O–H groups in total. The van der Waals surface area contributed by atoms with Crippen molar-refractivity contribution in [2.75, 3.05) is 14.2 Å². The normalized spacial score (nSPS) is 15.8. The molecular weight excluding hydrogens is 474 g/mol. The number of ketones is 1. The average molecular weight is 494 g/mol. The van der Waals surface area contributed by atoms with Crippen molar-refractivity contribution in [2.24, 2.45) is 0 Å². The van der Waals surface area contributed by atoms with Crippen molar-refractivity contribution in [3.8, 4) is 11.5 Å². The molecule has 2 aromatic heterocycles. The summed E-state index contributed by atoms with van der Waals surface area (Å²) in [4.78, 5) is 28.1. The smallest absolute Gasteiger partial charge is 0.290 e. The van der Waals surface area contributed by atoms with Crippen molar-refractivity contribution >= 4 is 34.3 Å². The second-order valence-electron chi connectivity index (χ2n) is 7.93. The third-order valence-electron chi connectivity index (χ3n) is 5.86. The Bertz CT molecular complexity index is 1450. The molecule has 0 fully saturated rings. The first-order chi connectivity index (χ1) is 16.9. The fourth-order valence-corrected chi connectivity index (χ4v) is 4.42. The van der Waals surface area contributed by atoms with Crippen molar-refractivity contribution in [1.29, 1.82) is 0 Å². The predicted octanol–water partition coefficient (Wildman–Crippen LogP) is 5.47. The Balaban J connectivity index is 1.55. The number of nitrogens with zero attached hydrogens (tertiary/aromatic N) is 1. The molecule has 1 aliphatic rings. The van der Waals surface area contributed by atoms with Crippen LogP contribution in [-0.4, -0.2) is 35.9 Å². The quantitative estimate of drug-likeness (QED) is 0.340. The van der Waals surface area contributed by atoms with Gasteiger partial charge in [0.05, 0.1) is 26.1 Å². The third kappa shape index (κ3) is 3.91. The summed E-state index contributed by atoms with van der Waals surface area (Å²) in [6, 6.07) is 14.2. The maximum atomic E-state index is 13.6. The fraction of sp³-hybridized carbons (Fsp3) is 0.154. The molecule has 1 unspecified atom stereocenters. The zero-order valence-corrected chi connectivity index (χ0v) is 19.5. The Labute approximate surface area is 204 Å². The lowest BCUT2D eigenvalue weighted by molar-refractivity contribution is -0.130. The number of carbonyl (C=O) groups is 2. The first-order valence-corrected chi connectivity index (χ1v) is 11.0. The van der Waals surface area contributed by atoms with Gasteiger partial charge in [-0.05, 0) is 42.0 Å². The molecular formula is C26H20ClNO7. The van der Waals surface area contributed by atoms with Crippen LogP contribution >= 0.6 is 11.6 Å². The maximum Gasteiger partial charge on any atom is 0.290 e. The van der Waals surface area contributed by atoms with Crippen molar-refractivity contribution in [1.82, 2.24) is 4.90 Å². The van der Waals surface area contributed by atoms with E-state index in [4.69, 9.17) is 29.9 Å². The number of carbonyl (C=O) groups excluding carboxylic acids is 2. The van der Waals surface area contributed by atoms with Gasteiger partial charge in [-0.2, -0.15) is 0 Å².